The molecule has 0 amide bonds. The molecular weight excluding hydrogens is 434 g/mol. The van der Waals surface area contributed by atoms with E-state index in [1.165, 1.54) is 11.4 Å². The van der Waals surface area contributed by atoms with Crippen molar-refractivity contribution in [2.75, 3.05) is 26.7 Å². The van der Waals surface area contributed by atoms with Gasteiger partial charge in [0, 0.05) is 43.3 Å². The lowest BCUT2D eigenvalue weighted by Crippen LogP contribution is -2.50. The molecule has 3 N–H and O–H groups in total. The average Bonchev–Trinajstić information content (AvgIpc) is 2.80. The molecule has 0 saturated carbocycles. The van der Waals surface area contributed by atoms with E-state index >= 15 is 0 Å². The summed E-state index contributed by atoms with van der Waals surface area (Å²) in [6.45, 7) is 1.33. The third-order valence-electron chi connectivity index (χ3n) is 5.28. The standard InChI is InChI=1S/C22H28ClN5O2S/c1-25-22(27-31(29,30)28-14-6-3-7-15-28)26-16-20(17-8-4-2-5-9-17)21(24)18-10-12-19(23)13-11-18/h2,4-5,8-13,20,24H,3,6-7,14-16H2,1H3,(H2,25,26,27). The predicted molar refractivity (Wildman–Crippen MR) is 126 cm³/mol. The smallest absolute Gasteiger partial charge is 0.303 e. The van der Waals surface area contributed by atoms with Crippen LogP contribution < -0.4 is 10.0 Å². The Morgan fingerprint density at radius 2 is 1.74 bits per heavy atom. The van der Waals surface area contributed by atoms with Crippen LogP contribution >= 0.6 is 11.6 Å². The molecule has 7 nitrogen and oxygen atoms in total. The van der Waals surface area contributed by atoms with E-state index in [-0.39, 0.29) is 11.9 Å². The molecule has 0 radical (unpaired) electrons. The topological polar surface area (TPSA) is 97.6 Å². The average molecular weight is 462 g/mol. The molecule has 1 unspecified atom stereocenters. The van der Waals surface area contributed by atoms with E-state index in [0.29, 0.717) is 30.4 Å². The van der Waals surface area contributed by atoms with Crippen LogP contribution in [0.25, 0.3) is 0 Å². The number of halogens is 1. The van der Waals surface area contributed by atoms with Gasteiger partial charge in [0.2, 0.25) is 5.96 Å². The summed E-state index contributed by atoms with van der Waals surface area (Å²) in [7, 11) is -2.13. The van der Waals surface area contributed by atoms with Crippen molar-refractivity contribution in [2.24, 2.45) is 4.99 Å². The van der Waals surface area contributed by atoms with Gasteiger partial charge in [-0.15, -0.1) is 0 Å². The summed E-state index contributed by atoms with van der Waals surface area (Å²) >= 11 is 5.99. The van der Waals surface area contributed by atoms with Gasteiger partial charge in [0.25, 0.3) is 0 Å². The number of nitrogens with zero attached hydrogens (tertiary/aromatic N) is 2. The van der Waals surface area contributed by atoms with Gasteiger partial charge < -0.3 is 10.7 Å². The highest BCUT2D eigenvalue weighted by Gasteiger charge is 2.26. The fraction of sp³-hybridized carbons (Fsp3) is 0.364. The van der Waals surface area contributed by atoms with Crippen LogP contribution in [0.15, 0.2) is 59.6 Å². The number of benzene rings is 2. The fourth-order valence-corrected chi connectivity index (χ4v) is 4.96. The minimum atomic E-state index is -3.66. The van der Waals surface area contributed by atoms with Crippen LogP contribution in [0.1, 0.15) is 36.3 Å². The third kappa shape index (κ3) is 6.29. The molecule has 1 fully saturated rings. The highest BCUT2D eigenvalue weighted by atomic mass is 35.5. The first-order valence-corrected chi connectivity index (χ1v) is 12.1. The molecule has 1 aliphatic heterocycles. The number of aliphatic imine (C=N–C) groups is 1. The lowest BCUT2D eigenvalue weighted by Gasteiger charge is -2.27. The van der Waals surface area contributed by atoms with Crippen LogP contribution in [0, 0.1) is 5.41 Å². The quantitative estimate of drug-likeness (QED) is 0.435. The molecule has 9 heteroatoms. The summed E-state index contributed by atoms with van der Waals surface area (Å²) in [5, 5.41) is 12.5. The zero-order chi connectivity index (χ0) is 22.3. The van der Waals surface area contributed by atoms with E-state index in [1.807, 2.05) is 42.5 Å². The van der Waals surface area contributed by atoms with Gasteiger partial charge in [0.15, 0.2) is 0 Å². The zero-order valence-corrected chi connectivity index (χ0v) is 19.1. The summed E-state index contributed by atoms with van der Waals surface area (Å²) in [6.07, 6.45) is 2.77. The van der Waals surface area contributed by atoms with Crippen molar-refractivity contribution in [1.29, 1.82) is 5.41 Å². The number of guanidine groups is 1. The summed E-state index contributed by atoms with van der Waals surface area (Å²) in [5.41, 5.74) is 2.11. The second-order valence-electron chi connectivity index (χ2n) is 7.40. The maximum atomic E-state index is 12.7. The normalized spacial score (nSPS) is 16.5. The highest BCUT2D eigenvalue weighted by molar-refractivity contribution is 7.87. The highest BCUT2D eigenvalue weighted by Crippen LogP contribution is 2.22. The Hall–Kier alpha value is -2.42. The molecule has 31 heavy (non-hydrogen) atoms. The number of hydrogen-bond acceptors (Lipinski definition) is 4. The van der Waals surface area contributed by atoms with E-state index in [2.05, 4.69) is 15.0 Å². The Morgan fingerprint density at radius 1 is 1.10 bits per heavy atom. The van der Waals surface area contributed by atoms with Crippen molar-refractivity contribution >= 4 is 33.5 Å². The largest absolute Gasteiger partial charge is 0.355 e. The molecule has 1 heterocycles. The molecule has 2 aromatic rings. The Bertz CT molecular complexity index is 1000. The lowest BCUT2D eigenvalue weighted by molar-refractivity contribution is 0.344. The molecule has 3 rings (SSSR count). The van der Waals surface area contributed by atoms with Crippen molar-refractivity contribution in [3.63, 3.8) is 0 Å². The molecule has 0 spiro atoms. The third-order valence-corrected chi connectivity index (χ3v) is 7.03. The molecule has 1 saturated heterocycles. The van der Waals surface area contributed by atoms with Gasteiger partial charge in [-0.3, -0.25) is 4.99 Å². The second-order valence-corrected chi connectivity index (χ2v) is 9.51. The summed E-state index contributed by atoms with van der Waals surface area (Å²) < 4.78 is 29.4. The Labute approximate surface area is 189 Å². The van der Waals surface area contributed by atoms with Gasteiger partial charge in [0.05, 0.1) is 0 Å². The van der Waals surface area contributed by atoms with Crippen molar-refractivity contribution < 1.29 is 8.42 Å². The molecule has 166 valence electrons. The van der Waals surface area contributed by atoms with Crippen molar-refractivity contribution in [2.45, 2.75) is 25.2 Å². The van der Waals surface area contributed by atoms with E-state index in [1.54, 1.807) is 12.1 Å². The summed E-state index contributed by atoms with van der Waals surface area (Å²) in [4.78, 5) is 4.08. The molecular formula is C22H28ClN5O2S. The maximum Gasteiger partial charge on any atom is 0.303 e. The van der Waals surface area contributed by atoms with E-state index in [0.717, 1.165) is 30.4 Å². The number of hydrogen-bond donors (Lipinski definition) is 3. The number of nitrogens with one attached hydrogen (secondary N) is 3. The molecule has 0 aromatic heterocycles. The van der Waals surface area contributed by atoms with Crippen LogP contribution in [0.4, 0.5) is 0 Å². The van der Waals surface area contributed by atoms with Crippen LogP contribution in [0.2, 0.25) is 5.02 Å². The van der Waals surface area contributed by atoms with E-state index in [4.69, 9.17) is 17.0 Å². The molecule has 1 atom stereocenters. The van der Waals surface area contributed by atoms with Crippen LogP contribution in [0.5, 0.6) is 0 Å². The molecule has 2 aromatic carbocycles. The van der Waals surface area contributed by atoms with Gasteiger partial charge in [-0.1, -0.05) is 60.5 Å². The minimum Gasteiger partial charge on any atom is -0.355 e. The Balaban J connectivity index is 1.74. The molecule has 0 bridgehead atoms. The summed E-state index contributed by atoms with van der Waals surface area (Å²) in [6, 6.07) is 16.8. The van der Waals surface area contributed by atoms with Crippen LogP contribution in [-0.2, 0) is 10.2 Å². The van der Waals surface area contributed by atoms with E-state index < -0.39 is 10.2 Å². The monoisotopic (exact) mass is 461 g/mol. The molecule has 1 aliphatic rings. The lowest BCUT2D eigenvalue weighted by atomic mass is 9.90. The predicted octanol–water partition coefficient (Wildman–Crippen LogP) is 3.39. The van der Waals surface area contributed by atoms with E-state index in [9.17, 15) is 8.42 Å². The van der Waals surface area contributed by atoms with Crippen LogP contribution in [-0.4, -0.2) is 51.1 Å². The SMILES string of the molecule is CN=C(NCC(C(=N)c1ccc(Cl)cc1)c1ccccc1)NS(=O)(=O)N1CCCCC1. The van der Waals surface area contributed by atoms with Crippen molar-refractivity contribution in [3.8, 4) is 0 Å². The number of rotatable bonds is 7. The van der Waals surface area contributed by atoms with Gasteiger partial charge in [-0.05, 0) is 36.1 Å². The van der Waals surface area contributed by atoms with Gasteiger partial charge in [-0.2, -0.15) is 12.7 Å². The van der Waals surface area contributed by atoms with Gasteiger partial charge in [0.1, 0.15) is 0 Å². The fourth-order valence-electron chi connectivity index (χ4n) is 3.55. The van der Waals surface area contributed by atoms with Gasteiger partial charge >= 0.3 is 10.2 Å². The van der Waals surface area contributed by atoms with Crippen molar-refractivity contribution in [3.05, 3.63) is 70.7 Å². The molecule has 0 aliphatic carbocycles. The zero-order valence-electron chi connectivity index (χ0n) is 17.5. The van der Waals surface area contributed by atoms with Gasteiger partial charge in [-0.25, -0.2) is 4.72 Å². The number of piperidine rings is 1. The Morgan fingerprint density at radius 3 is 2.35 bits per heavy atom. The van der Waals surface area contributed by atoms with Crippen molar-refractivity contribution in [1.82, 2.24) is 14.3 Å². The van der Waals surface area contributed by atoms with Crippen LogP contribution in [0.3, 0.4) is 0 Å². The maximum absolute atomic E-state index is 12.7. The Kier molecular flexibility index (Phi) is 8.06. The minimum absolute atomic E-state index is 0.162. The first kappa shape index (κ1) is 23.2. The summed E-state index contributed by atoms with van der Waals surface area (Å²) in [5.74, 6) is -0.144. The first-order valence-electron chi connectivity index (χ1n) is 10.3. The first-order chi connectivity index (χ1) is 14.9. The second kappa shape index (κ2) is 10.7.